The minimum atomic E-state index is -3.83. The molecule has 2 N–H and O–H groups in total. The zero-order valence-corrected chi connectivity index (χ0v) is 19.8. The molecule has 182 valence electrons. The summed E-state index contributed by atoms with van der Waals surface area (Å²) in [6, 6.07) is 8.37. The molecule has 4 rings (SSSR count). The van der Waals surface area contributed by atoms with Gasteiger partial charge < -0.3 is 19.7 Å². The van der Waals surface area contributed by atoms with Gasteiger partial charge in [-0.25, -0.2) is 15.0 Å². The number of amides is 1. The second-order valence-corrected chi connectivity index (χ2v) is 8.97. The van der Waals surface area contributed by atoms with Gasteiger partial charge >= 0.3 is 5.57 Å². The number of carbonyl (C=O) groups is 1. The number of imidazole rings is 1. The average molecular weight is 502 g/mol. The van der Waals surface area contributed by atoms with Crippen LogP contribution in [-0.2, 0) is 0 Å². The summed E-state index contributed by atoms with van der Waals surface area (Å²) >= 11 is 4.78. The van der Waals surface area contributed by atoms with Crippen molar-refractivity contribution in [3.63, 3.8) is 0 Å². The van der Waals surface area contributed by atoms with E-state index in [-0.39, 0.29) is 11.8 Å². The zero-order chi connectivity index (χ0) is 25.4. The number of ether oxygens (including phenoxy) is 1. The third-order valence-electron chi connectivity index (χ3n) is 5.59. The molecule has 4 aromatic rings. The van der Waals surface area contributed by atoms with E-state index in [2.05, 4.69) is 25.0 Å². The molecular formula is C24H22ClF2N5O3. The van der Waals surface area contributed by atoms with Crippen molar-refractivity contribution in [2.24, 2.45) is 0 Å². The SMILES string of the molecule is C[C@H](n1cnc2cc(C(=O)Nc3ccc(OC(F)(F)Cl)cc3)cc(-c3cncnc3)c21)C(C)(C)O. The van der Waals surface area contributed by atoms with E-state index in [1.54, 1.807) is 44.7 Å². The lowest BCUT2D eigenvalue weighted by atomic mass is 9.98. The van der Waals surface area contributed by atoms with Gasteiger partial charge in [-0.3, -0.25) is 4.79 Å². The van der Waals surface area contributed by atoms with Crippen LogP contribution in [0, 0.1) is 0 Å². The molecule has 0 aliphatic rings. The van der Waals surface area contributed by atoms with E-state index in [9.17, 15) is 18.7 Å². The number of halogens is 3. The highest BCUT2D eigenvalue weighted by molar-refractivity contribution is 6.20. The summed E-state index contributed by atoms with van der Waals surface area (Å²) in [4.78, 5) is 25.7. The predicted molar refractivity (Wildman–Crippen MR) is 128 cm³/mol. The molecule has 0 bridgehead atoms. The van der Waals surface area contributed by atoms with Gasteiger partial charge in [0.05, 0.1) is 29.0 Å². The number of alkyl halides is 3. The third kappa shape index (κ3) is 5.55. The number of rotatable bonds is 7. The van der Waals surface area contributed by atoms with Gasteiger partial charge in [0.25, 0.3) is 5.91 Å². The molecule has 1 amide bonds. The van der Waals surface area contributed by atoms with Gasteiger partial charge in [-0.2, -0.15) is 0 Å². The number of fused-ring (bicyclic) bond motifs is 1. The van der Waals surface area contributed by atoms with Crippen molar-refractivity contribution < 1.29 is 23.4 Å². The normalized spacial score (nSPS) is 13.0. The summed E-state index contributed by atoms with van der Waals surface area (Å²) in [5.74, 6) is -0.589. The number of benzene rings is 2. The number of nitrogens with zero attached hydrogens (tertiary/aromatic N) is 4. The summed E-state index contributed by atoms with van der Waals surface area (Å²) in [7, 11) is 0. The first-order valence-corrected chi connectivity index (χ1v) is 11.0. The highest BCUT2D eigenvalue weighted by Gasteiger charge is 2.28. The maximum atomic E-state index is 13.1. The van der Waals surface area contributed by atoms with E-state index in [0.717, 1.165) is 5.52 Å². The van der Waals surface area contributed by atoms with Crippen molar-refractivity contribution in [1.29, 1.82) is 0 Å². The second kappa shape index (κ2) is 9.20. The fourth-order valence-electron chi connectivity index (χ4n) is 3.54. The number of nitrogens with one attached hydrogen (secondary N) is 1. The first kappa shape index (κ1) is 24.5. The van der Waals surface area contributed by atoms with Crippen LogP contribution in [0.25, 0.3) is 22.2 Å². The number of aromatic nitrogens is 4. The Bertz CT molecular complexity index is 1350. The molecule has 0 spiro atoms. The Kier molecular flexibility index (Phi) is 6.44. The number of aliphatic hydroxyl groups is 1. The van der Waals surface area contributed by atoms with Gasteiger partial charge in [0.15, 0.2) is 0 Å². The number of carbonyl (C=O) groups excluding carboxylic acids is 1. The van der Waals surface area contributed by atoms with E-state index >= 15 is 0 Å². The van der Waals surface area contributed by atoms with Gasteiger partial charge in [-0.15, -0.1) is 8.78 Å². The standard InChI is InChI=1S/C24H22ClF2N5O3/c1-14(23(2,3)34)32-13-30-20-9-15(8-19(21(20)32)16-10-28-12-29-11-16)22(33)31-17-4-6-18(7-5-17)35-24(25,26)27/h4-14,34H,1-3H3,(H,31,33)/t14-/m0/s1. The number of anilines is 1. The van der Waals surface area contributed by atoms with E-state index in [1.807, 2.05) is 11.5 Å². The lowest BCUT2D eigenvalue weighted by Gasteiger charge is -2.28. The molecule has 0 aliphatic heterocycles. The second-order valence-electron chi connectivity index (χ2n) is 8.53. The molecule has 8 nitrogen and oxygen atoms in total. The van der Waals surface area contributed by atoms with E-state index < -0.39 is 17.1 Å². The van der Waals surface area contributed by atoms with Crippen LogP contribution < -0.4 is 10.1 Å². The van der Waals surface area contributed by atoms with Gasteiger partial charge in [0.1, 0.15) is 12.1 Å². The zero-order valence-electron chi connectivity index (χ0n) is 19.0. The molecule has 2 aromatic heterocycles. The van der Waals surface area contributed by atoms with Crippen LogP contribution in [0.2, 0.25) is 0 Å². The Balaban J connectivity index is 1.72. The Morgan fingerprint density at radius 3 is 2.43 bits per heavy atom. The fraction of sp³-hybridized carbons (Fsp3) is 0.250. The third-order valence-corrected chi connectivity index (χ3v) is 5.67. The Morgan fingerprint density at radius 1 is 1.17 bits per heavy atom. The van der Waals surface area contributed by atoms with E-state index in [0.29, 0.717) is 27.9 Å². The van der Waals surface area contributed by atoms with Gasteiger partial charge in [-0.1, -0.05) is 0 Å². The fourth-order valence-corrected chi connectivity index (χ4v) is 3.63. The molecule has 0 radical (unpaired) electrons. The minimum absolute atomic E-state index is 0.151. The molecule has 0 saturated carbocycles. The molecule has 2 aromatic carbocycles. The topological polar surface area (TPSA) is 102 Å². The summed E-state index contributed by atoms with van der Waals surface area (Å²) in [6.45, 7) is 5.29. The van der Waals surface area contributed by atoms with Crippen molar-refractivity contribution in [2.45, 2.75) is 38.0 Å². The molecule has 11 heteroatoms. The Morgan fingerprint density at radius 2 is 1.83 bits per heavy atom. The van der Waals surface area contributed by atoms with Gasteiger partial charge in [0.2, 0.25) is 0 Å². The van der Waals surface area contributed by atoms with Gasteiger partial charge in [-0.05, 0) is 57.2 Å². The maximum Gasteiger partial charge on any atom is 0.487 e. The summed E-state index contributed by atoms with van der Waals surface area (Å²) < 4.78 is 31.7. The molecule has 0 saturated heterocycles. The first-order chi connectivity index (χ1) is 16.4. The summed E-state index contributed by atoms with van der Waals surface area (Å²) in [5, 5.41) is 13.3. The van der Waals surface area contributed by atoms with Crippen LogP contribution in [0.5, 0.6) is 5.75 Å². The maximum absolute atomic E-state index is 13.1. The smallest absolute Gasteiger partial charge is 0.420 e. The van der Waals surface area contributed by atoms with Crippen LogP contribution in [0.15, 0.2) is 61.4 Å². The Labute approximate surface area is 204 Å². The van der Waals surface area contributed by atoms with Crippen molar-refractivity contribution in [1.82, 2.24) is 19.5 Å². The molecule has 0 fully saturated rings. The highest BCUT2D eigenvalue weighted by Crippen LogP contribution is 2.34. The molecule has 0 aliphatic carbocycles. The van der Waals surface area contributed by atoms with Crippen LogP contribution in [0.1, 0.15) is 37.2 Å². The van der Waals surface area contributed by atoms with Crippen molar-refractivity contribution >= 4 is 34.2 Å². The predicted octanol–water partition coefficient (Wildman–Crippen LogP) is 5.25. The summed E-state index contributed by atoms with van der Waals surface area (Å²) in [5.41, 5.74) is -1.59. The molecular weight excluding hydrogens is 480 g/mol. The molecule has 1 atom stereocenters. The van der Waals surface area contributed by atoms with Crippen molar-refractivity contribution in [2.75, 3.05) is 5.32 Å². The summed E-state index contributed by atoms with van der Waals surface area (Å²) in [6.07, 6.45) is 6.27. The lowest BCUT2D eigenvalue weighted by Crippen LogP contribution is -2.30. The highest BCUT2D eigenvalue weighted by atomic mass is 35.5. The minimum Gasteiger partial charge on any atom is -0.420 e. The van der Waals surface area contributed by atoms with E-state index in [4.69, 9.17) is 11.6 Å². The van der Waals surface area contributed by atoms with Crippen LogP contribution in [0.3, 0.4) is 0 Å². The van der Waals surface area contributed by atoms with Crippen molar-refractivity contribution in [3.05, 3.63) is 67.0 Å². The largest absolute Gasteiger partial charge is 0.487 e. The molecule has 2 heterocycles. The lowest BCUT2D eigenvalue weighted by molar-refractivity contribution is -0.0964. The van der Waals surface area contributed by atoms with Crippen LogP contribution in [-0.4, -0.2) is 41.7 Å². The number of hydrogen-bond acceptors (Lipinski definition) is 6. The van der Waals surface area contributed by atoms with Gasteiger partial charge in [0, 0.05) is 46.4 Å². The first-order valence-electron chi connectivity index (χ1n) is 10.6. The monoisotopic (exact) mass is 501 g/mol. The van der Waals surface area contributed by atoms with Crippen LogP contribution >= 0.6 is 11.6 Å². The van der Waals surface area contributed by atoms with E-state index in [1.165, 1.54) is 30.6 Å². The quantitative estimate of drug-likeness (QED) is 0.335. The Hall–Kier alpha value is -3.63. The molecule has 35 heavy (non-hydrogen) atoms. The van der Waals surface area contributed by atoms with Crippen LogP contribution in [0.4, 0.5) is 14.5 Å². The average Bonchev–Trinajstić information content (AvgIpc) is 3.22. The molecule has 0 unspecified atom stereocenters. The number of hydrogen-bond donors (Lipinski definition) is 2. The van der Waals surface area contributed by atoms with Crippen molar-refractivity contribution in [3.8, 4) is 16.9 Å².